The van der Waals surface area contributed by atoms with Crippen molar-refractivity contribution in [3.8, 4) is 0 Å². The third-order valence-corrected chi connectivity index (χ3v) is 12.3. The van der Waals surface area contributed by atoms with Gasteiger partial charge in [-0.1, -0.05) is 60.1 Å². The molecule has 4 rings (SSSR count). The molecule has 0 radical (unpaired) electrons. The molecule has 0 aromatic heterocycles. The number of fused-ring (bicyclic) bond motifs is 5. The highest BCUT2D eigenvalue weighted by Gasteiger charge is 2.67. The van der Waals surface area contributed by atoms with Crippen molar-refractivity contribution < 1.29 is 5.11 Å². The van der Waals surface area contributed by atoms with E-state index in [1.807, 2.05) is 0 Å². The standard InChI is InChI=1S/C29H50O/c1-19(2)22-12-14-29(8)24(27(22,6)17-18-30)10-9-23-25-21(4)20(3)11-13-26(25,5)15-16-28(23,29)7/h11,19,21-25,30H,9-10,12-18H2,1-8H3. The summed E-state index contributed by atoms with van der Waals surface area (Å²) < 4.78 is 0. The van der Waals surface area contributed by atoms with Gasteiger partial charge in [0.25, 0.3) is 0 Å². The summed E-state index contributed by atoms with van der Waals surface area (Å²) in [7, 11) is 0. The first-order chi connectivity index (χ1) is 13.9. The minimum atomic E-state index is 0.290. The Bertz CT molecular complexity index is 692. The van der Waals surface area contributed by atoms with E-state index in [1.54, 1.807) is 5.57 Å². The van der Waals surface area contributed by atoms with Gasteiger partial charge in [0.2, 0.25) is 0 Å². The fourth-order valence-electron chi connectivity index (χ4n) is 10.4. The summed E-state index contributed by atoms with van der Waals surface area (Å²) in [5, 5.41) is 10.1. The highest BCUT2D eigenvalue weighted by Crippen LogP contribution is 2.75. The highest BCUT2D eigenvalue weighted by molar-refractivity contribution is 5.21. The van der Waals surface area contributed by atoms with E-state index in [2.05, 4.69) is 61.5 Å². The minimum absolute atomic E-state index is 0.290. The molecule has 0 aromatic rings. The van der Waals surface area contributed by atoms with Gasteiger partial charge >= 0.3 is 0 Å². The Balaban J connectivity index is 1.76. The second-order valence-corrected chi connectivity index (χ2v) is 13.6. The molecule has 0 amide bonds. The fraction of sp³-hybridized carbons (Fsp3) is 0.931. The van der Waals surface area contributed by atoms with Crippen LogP contribution < -0.4 is 0 Å². The molecule has 4 aliphatic rings. The third kappa shape index (κ3) is 2.89. The summed E-state index contributed by atoms with van der Waals surface area (Å²) in [6, 6.07) is 0. The van der Waals surface area contributed by atoms with E-state index in [1.165, 1.54) is 44.9 Å². The second-order valence-electron chi connectivity index (χ2n) is 13.6. The van der Waals surface area contributed by atoms with E-state index in [-0.39, 0.29) is 0 Å². The van der Waals surface area contributed by atoms with E-state index in [0.29, 0.717) is 28.3 Å². The topological polar surface area (TPSA) is 20.2 Å². The average Bonchev–Trinajstić information content (AvgIpc) is 2.66. The lowest BCUT2D eigenvalue weighted by Gasteiger charge is -2.72. The van der Waals surface area contributed by atoms with E-state index in [0.717, 1.165) is 41.9 Å². The van der Waals surface area contributed by atoms with E-state index >= 15 is 0 Å². The molecule has 1 N–H and O–H groups in total. The van der Waals surface area contributed by atoms with Crippen LogP contribution >= 0.6 is 0 Å². The van der Waals surface area contributed by atoms with Crippen LogP contribution in [0.2, 0.25) is 0 Å². The molecule has 1 nitrogen and oxygen atoms in total. The van der Waals surface area contributed by atoms with Crippen molar-refractivity contribution in [2.24, 2.45) is 57.2 Å². The van der Waals surface area contributed by atoms with Gasteiger partial charge in [-0.2, -0.15) is 0 Å². The van der Waals surface area contributed by atoms with Gasteiger partial charge in [-0.15, -0.1) is 0 Å². The van der Waals surface area contributed by atoms with Crippen LogP contribution in [0.4, 0.5) is 0 Å². The molecule has 172 valence electrons. The lowest BCUT2D eigenvalue weighted by molar-refractivity contribution is -0.228. The molecule has 3 fully saturated rings. The predicted octanol–water partition coefficient (Wildman–Crippen LogP) is 7.88. The van der Waals surface area contributed by atoms with Crippen molar-refractivity contribution in [3.63, 3.8) is 0 Å². The zero-order chi connectivity index (χ0) is 22.1. The van der Waals surface area contributed by atoms with E-state index in [9.17, 15) is 5.11 Å². The molecule has 4 aliphatic carbocycles. The van der Waals surface area contributed by atoms with Gasteiger partial charge in [0.05, 0.1) is 0 Å². The largest absolute Gasteiger partial charge is 0.396 e. The smallest absolute Gasteiger partial charge is 0.0436 e. The first kappa shape index (κ1) is 22.9. The van der Waals surface area contributed by atoms with Crippen molar-refractivity contribution in [3.05, 3.63) is 11.6 Å². The van der Waals surface area contributed by atoms with Crippen molar-refractivity contribution in [2.75, 3.05) is 6.61 Å². The maximum absolute atomic E-state index is 10.1. The second kappa shape index (κ2) is 7.36. The van der Waals surface area contributed by atoms with Crippen molar-refractivity contribution in [1.29, 1.82) is 0 Å². The third-order valence-electron chi connectivity index (χ3n) is 12.3. The Morgan fingerprint density at radius 2 is 1.70 bits per heavy atom. The Morgan fingerprint density at radius 3 is 2.33 bits per heavy atom. The SMILES string of the molecule is CC1=CCC2(C)CCC3(C)C(CCC4C(C)(CCO)C(C(C)C)CCC43C)C2C1C. The normalized spacial score (nSPS) is 53.5. The van der Waals surface area contributed by atoms with Crippen molar-refractivity contribution >= 4 is 0 Å². The van der Waals surface area contributed by atoms with Gasteiger partial charge in [-0.3, -0.25) is 0 Å². The molecular weight excluding hydrogens is 364 g/mol. The molecule has 3 saturated carbocycles. The number of rotatable bonds is 3. The molecule has 9 unspecified atom stereocenters. The van der Waals surface area contributed by atoms with Gasteiger partial charge in [-0.25, -0.2) is 0 Å². The zero-order valence-corrected chi connectivity index (χ0v) is 21.4. The van der Waals surface area contributed by atoms with Crippen LogP contribution in [0.3, 0.4) is 0 Å². The molecule has 0 heterocycles. The van der Waals surface area contributed by atoms with E-state index < -0.39 is 0 Å². The Labute approximate surface area is 187 Å². The maximum atomic E-state index is 10.1. The van der Waals surface area contributed by atoms with Gasteiger partial charge in [0, 0.05) is 6.61 Å². The summed E-state index contributed by atoms with van der Waals surface area (Å²) in [5.41, 5.74) is 3.32. The van der Waals surface area contributed by atoms with Crippen LogP contribution in [0.1, 0.15) is 107 Å². The molecule has 1 heteroatoms. The number of aliphatic hydroxyl groups is 1. The zero-order valence-electron chi connectivity index (χ0n) is 21.4. The molecular formula is C29H50O. The Hall–Kier alpha value is -0.300. The van der Waals surface area contributed by atoms with Gasteiger partial charge in [0.1, 0.15) is 0 Å². The number of hydrogen-bond donors (Lipinski definition) is 1. The highest BCUT2D eigenvalue weighted by atomic mass is 16.3. The van der Waals surface area contributed by atoms with E-state index in [4.69, 9.17) is 0 Å². The number of hydrogen-bond acceptors (Lipinski definition) is 1. The fourth-order valence-corrected chi connectivity index (χ4v) is 10.4. The summed E-state index contributed by atoms with van der Waals surface area (Å²) in [5.74, 6) is 4.70. The lowest BCUT2D eigenvalue weighted by Crippen LogP contribution is -2.65. The van der Waals surface area contributed by atoms with Crippen molar-refractivity contribution in [2.45, 2.75) is 107 Å². The van der Waals surface area contributed by atoms with Crippen molar-refractivity contribution in [1.82, 2.24) is 0 Å². The Kier molecular flexibility index (Phi) is 5.61. The number of allylic oxidation sites excluding steroid dienone is 2. The maximum Gasteiger partial charge on any atom is 0.0436 e. The van der Waals surface area contributed by atoms with Gasteiger partial charge < -0.3 is 5.11 Å². The molecule has 0 aromatic carbocycles. The summed E-state index contributed by atoms with van der Waals surface area (Å²) >= 11 is 0. The molecule has 0 bridgehead atoms. The first-order valence-electron chi connectivity index (χ1n) is 13.2. The lowest BCUT2D eigenvalue weighted by atomic mass is 9.33. The van der Waals surface area contributed by atoms with Crippen LogP contribution in [-0.2, 0) is 0 Å². The van der Waals surface area contributed by atoms with Gasteiger partial charge in [-0.05, 0) is 115 Å². The summed E-state index contributed by atoms with van der Waals surface area (Å²) in [4.78, 5) is 0. The average molecular weight is 415 g/mol. The molecule has 9 atom stereocenters. The van der Waals surface area contributed by atoms with Crippen LogP contribution in [-0.4, -0.2) is 11.7 Å². The quantitative estimate of drug-likeness (QED) is 0.466. The summed E-state index contributed by atoms with van der Waals surface area (Å²) in [6.45, 7) is 20.8. The minimum Gasteiger partial charge on any atom is -0.396 e. The molecule has 0 saturated heterocycles. The number of aliphatic hydroxyl groups excluding tert-OH is 1. The summed E-state index contributed by atoms with van der Waals surface area (Å²) in [6.07, 6.45) is 13.3. The van der Waals surface area contributed by atoms with Crippen LogP contribution in [0.15, 0.2) is 11.6 Å². The molecule has 0 aliphatic heterocycles. The van der Waals surface area contributed by atoms with Crippen LogP contribution in [0.5, 0.6) is 0 Å². The monoisotopic (exact) mass is 414 g/mol. The van der Waals surface area contributed by atoms with Crippen LogP contribution in [0, 0.1) is 57.2 Å². The first-order valence-corrected chi connectivity index (χ1v) is 13.2. The van der Waals surface area contributed by atoms with Crippen LogP contribution in [0.25, 0.3) is 0 Å². The Morgan fingerprint density at radius 1 is 1.00 bits per heavy atom. The molecule has 30 heavy (non-hydrogen) atoms. The predicted molar refractivity (Wildman–Crippen MR) is 128 cm³/mol. The van der Waals surface area contributed by atoms with Gasteiger partial charge in [0.15, 0.2) is 0 Å². The molecule has 0 spiro atoms.